The number of methoxy groups -OCH3 is 1. The number of carbonyl (C=O) groups is 1. The third-order valence-electron chi connectivity index (χ3n) is 3.28. The average Bonchev–Trinajstić information content (AvgIpc) is 2.51. The zero-order valence-corrected chi connectivity index (χ0v) is 13.1. The van der Waals surface area contributed by atoms with Gasteiger partial charge < -0.3 is 14.7 Å². The lowest BCUT2D eigenvalue weighted by atomic mass is 10.1. The molecule has 1 aromatic carbocycles. The SMILES string of the molecule is COc1ccc(C(=O)N2CCSC(C)C2)cc1C#CCO. The fourth-order valence-corrected chi connectivity index (χ4v) is 3.27. The van der Waals surface area contributed by atoms with Crippen LogP contribution in [0.4, 0.5) is 0 Å². The summed E-state index contributed by atoms with van der Waals surface area (Å²) in [6, 6.07) is 5.24. The number of amides is 1. The fraction of sp³-hybridized carbons (Fsp3) is 0.438. The normalized spacial score (nSPS) is 17.9. The first kappa shape index (κ1) is 15.7. The van der Waals surface area contributed by atoms with Gasteiger partial charge in [-0.3, -0.25) is 4.79 Å². The van der Waals surface area contributed by atoms with Gasteiger partial charge in [-0.05, 0) is 18.2 Å². The molecule has 1 aliphatic rings. The quantitative estimate of drug-likeness (QED) is 0.844. The maximum atomic E-state index is 12.5. The second-order valence-corrected chi connectivity index (χ2v) is 6.35. The van der Waals surface area contributed by atoms with Crippen LogP contribution in [0.2, 0.25) is 0 Å². The van der Waals surface area contributed by atoms with E-state index in [1.54, 1.807) is 25.3 Å². The minimum Gasteiger partial charge on any atom is -0.495 e. The van der Waals surface area contributed by atoms with Gasteiger partial charge in [0.2, 0.25) is 0 Å². The summed E-state index contributed by atoms with van der Waals surface area (Å²) in [5.41, 5.74) is 1.23. The number of thioether (sulfide) groups is 1. The van der Waals surface area contributed by atoms with Gasteiger partial charge in [0.25, 0.3) is 5.91 Å². The van der Waals surface area contributed by atoms with Crippen molar-refractivity contribution in [1.82, 2.24) is 4.90 Å². The van der Waals surface area contributed by atoms with Gasteiger partial charge in [-0.2, -0.15) is 11.8 Å². The molecule has 1 aliphatic heterocycles. The molecule has 0 saturated carbocycles. The summed E-state index contributed by atoms with van der Waals surface area (Å²) >= 11 is 1.89. The van der Waals surface area contributed by atoms with Crippen molar-refractivity contribution < 1.29 is 14.6 Å². The van der Waals surface area contributed by atoms with E-state index in [1.807, 2.05) is 16.7 Å². The Morgan fingerprint density at radius 3 is 3.05 bits per heavy atom. The Hall–Kier alpha value is -1.64. The van der Waals surface area contributed by atoms with E-state index in [2.05, 4.69) is 18.8 Å². The molecule has 0 aromatic heterocycles. The molecule has 1 atom stereocenters. The number of hydrogen-bond acceptors (Lipinski definition) is 4. The predicted octanol–water partition coefficient (Wildman–Crippen LogP) is 1.62. The molecule has 1 N–H and O–H groups in total. The standard InChI is InChI=1S/C16H19NO3S/c1-12-11-17(7-9-21-12)16(19)14-5-6-15(20-2)13(10-14)4-3-8-18/h5-6,10,12,18H,7-9,11H2,1-2H3. The first-order valence-electron chi connectivity index (χ1n) is 6.84. The summed E-state index contributed by atoms with van der Waals surface area (Å²) in [6.07, 6.45) is 0. The summed E-state index contributed by atoms with van der Waals surface area (Å²) in [4.78, 5) is 14.4. The predicted molar refractivity (Wildman–Crippen MR) is 84.8 cm³/mol. The molecule has 1 amide bonds. The van der Waals surface area contributed by atoms with E-state index in [1.165, 1.54) is 0 Å². The lowest BCUT2D eigenvalue weighted by molar-refractivity contribution is 0.0763. The largest absolute Gasteiger partial charge is 0.495 e. The van der Waals surface area contributed by atoms with Crippen molar-refractivity contribution in [3.05, 3.63) is 29.3 Å². The molecule has 1 heterocycles. The van der Waals surface area contributed by atoms with Gasteiger partial charge in [0.05, 0.1) is 12.7 Å². The van der Waals surface area contributed by atoms with Crippen LogP contribution in [0.25, 0.3) is 0 Å². The van der Waals surface area contributed by atoms with E-state index in [4.69, 9.17) is 9.84 Å². The highest BCUT2D eigenvalue weighted by Gasteiger charge is 2.22. The molecule has 0 radical (unpaired) electrons. The highest BCUT2D eigenvalue weighted by atomic mass is 32.2. The molecular formula is C16H19NO3S. The summed E-state index contributed by atoms with van der Waals surface area (Å²) in [7, 11) is 1.56. The topological polar surface area (TPSA) is 49.8 Å². The third-order valence-corrected chi connectivity index (χ3v) is 4.41. The lowest BCUT2D eigenvalue weighted by Crippen LogP contribution is -2.41. The summed E-state index contributed by atoms with van der Waals surface area (Å²) in [5.74, 6) is 7.01. The number of aliphatic hydroxyl groups is 1. The minimum absolute atomic E-state index is 0.0249. The van der Waals surface area contributed by atoms with Crippen molar-refractivity contribution in [3.8, 4) is 17.6 Å². The van der Waals surface area contributed by atoms with Crippen molar-refractivity contribution >= 4 is 17.7 Å². The Bertz CT molecular complexity index is 577. The zero-order chi connectivity index (χ0) is 15.2. The van der Waals surface area contributed by atoms with Crippen LogP contribution in [-0.4, -0.2) is 53.7 Å². The van der Waals surface area contributed by atoms with E-state index in [0.29, 0.717) is 22.1 Å². The average molecular weight is 305 g/mol. The number of aliphatic hydroxyl groups excluding tert-OH is 1. The summed E-state index contributed by atoms with van der Waals surface area (Å²) < 4.78 is 5.23. The van der Waals surface area contributed by atoms with Crippen LogP contribution >= 0.6 is 11.8 Å². The summed E-state index contributed by atoms with van der Waals surface area (Å²) in [6.45, 7) is 3.46. The van der Waals surface area contributed by atoms with Crippen molar-refractivity contribution in [3.63, 3.8) is 0 Å². The third kappa shape index (κ3) is 3.93. The molecule has 2 rings (SSSR count). The molecule has 1 unspecified atom stereocenters. The Balaban J connectivity index is 2.24. The Morgan fingerprint density at radius 1 is 1.57 bits per heavy atom. The highest BCUT2D eigenvalue weighted by molar-refractivity contribution is 7.99. The Labute approximate surface area is 129 Å². The highest BCUT2D eigenvalue weighted by Crippen LogP contribution is 2.23. The van der Waals surface area contributed by atoms with E-state index < -0.39 is 0 Å². The van der Waals surface area contributed by atoms with Crippen LogP contribution in [0.5, 0.6) is 5.75 Å². The molecule has 1 saturated heterocycles. The molecule has 0 bridgehead atoms. The van der Waals surface area contributed by atoms with Gasteiger partial charge in [-0.15, -0.1) is 0 Å². The van der Waals surface area contributed by atoms with E-state index >= 15 is 0 Å². The second-order valence-electron chi connectivity index (χ2n) is 4.81. The van der Waals surface area contributed by atoms with Crippen LogP contribution in [0.15, 0.2) is 18.2 Å². The Kier molecular flexibility index (Phi) is 5.54. The molecule has 5 heteroatoms. The summed E-state index contributed by atoms with van der Waals surface area (Å²) in [5, 5.41) is 9.28. The molecule has 0 aliphatic carbocycles. The number of ether oxygens (including phenoxy) is 1. The smallest absolute Gasteiger partial charge is 0.253 e. The van der Waals surface area contributed by atoms with Crippen molar-refractivity contribution in [1.29, 1.82) is 0 Å². The number of carbonyl (C=O) groups excluding carboxylic acids is 1. The number of nitrogens with zero attached hydrogens (tertiary/aromatic N) is 1. The maximum Gasteiger partial charge on any atom is 0.253 e. The maximum absolute atomic E-state index is 12.5. The van der Waals surface area contributed by atoms with Gasteiger partial charge in [-0.25, -0.2) is 0 Å². The molecule has 112 valence electrons. The van der Waals surface area contributed by atoms with Gasteiger partial charge in [0.15, 0.2) is 0 Å². The van der Waals surface area contributed by atoms with Gasteiger partial charge in [0.1, 0.15) is 12.4 Å². The Morgan fingerprint density at radius 2 is 2.38 bits per heavy atom. The van der Waals surface area contributed by atoms with E-state index in [9.17, 15) is 4.79 Å². The molecule has 0 spiro atoms. The van der Waals surface area contributed by atoms with Crippen LogP contribution < -0.4 is 4.74 Å². The van der Waals surface area contributed by atoms with Crippen LogP contribution in [0.3, 0.4) is 0 Å². The van der Waals surface area contributed by atoms with Gasteiger partial charge >= 0.3 is 0 Å². The first-order chi connectivity index (χ1) is 10.2. The second kappa shape index (κ2) is 7.39. The van der Waals surface area contributed by atoms with Crippen LogP contribution in [0, 0.1) is 11.8 Å². The molecule has 21 heavy (non-hydrogen) atoms. The molecule has 1 aromatic rings. The van der Waals surface area contributed by atoms with Crippen LogP contribution in [0.1, 0.15) is 22.8 Å². The van der Waals surface area contributed by atoms with Gasteiger partial charge in [0, 0.05) is 29.7 Å². The number of benzene rings is 1. The van der Waals surface area contributed by atoms with Gasteiger partial charge in [-0.1, -0.05) is 18.8 Å². The lowest BCUT2D eigenvalue weighted by Gasteiger charge is -2.30. The van der Waals surface area contributed by atoms with Crippen molar-refractivity contribution in [2.24, 2.45) is 0 Å². The first-order valence-corrected chi connectivity index (χ1v) is 7.89. The van der Waals surface area contributed by atoms with Crippen LogP contribution in [-0.2, 0) is 0 Å². The van der Waals surface area contributed by atoms with Crippen molar-refractivity contribution in [2.75, 3.05) is 32.6 Å². The number of hydrogen-bond donors (Lipinski definition) is 1. The molecule has 1 fully saturated rings. The van der Waals surface area contributed by atoms with E-state index in [-0.39, 0.29) is 12.5 Å². The molecular weight excluding hydrogens is 286 g/mol. The monoisotopic (exact) mass is 305 g/mol. The zero-order valence-electron chi connectivity index (χ0n) is 12.3. The van der Waals surface area contributed by atoms with Crippen molar-refractivity contribution in [2.45, 2.75) is 12.2 Å². The minimum atomic E-state index is -0.220. The molecule has 4 nitrogen and oxygen atoms in total. The van der Waals surface area contributed by atoms with E-state index in [0.717, 1.165) is 18.8 Å². The number of rotatable bonds is 2. The fourth-order valence-electron chi connectivity index (χ4n) is 2.26.